The molecule has 1 unspecified atom stereocenters. The van der Waals surface area contributed by atoms with Gasteiger partial charge in [0.1, 0.15) is 24.0 Å². The van der Waals surface area contributed by atoms with E-state index in [4.69, 9.17) is 4.74 Å². The highest BCUT2D eigenvalue weighted by Gasteiger charge is 2.69. The Morgan fingerprint density at radius 1 is 1.17 bits per heavy atom. The van der Waals surface area contributed by atoms with Crippen LogP contribution in [0.2, 0.25) is 0 Å². The van der Waals surface area contributed by atoms with Crippen LogP contribution in [0.25, 0.3) is 0 Å². The number of hydrogen-bond donors (Lipinski definition) is 3. The molecule has 2 heterocycles. The van der Waals surface area contributed by atoms with E-state index < -0.39 is 41.1 Å². The zero-order chi connectivity index (χ0) is 27.2. The summed E-state index contributed by atoms with van der Waals surface area (Å²) in [5.74, 6) is -1.09. The van der Waals surface area contributed by atoms with Crippen molar-refractivity contribution < 1.29 is 28.7 Å². The van der Waals surface area contributed by atoms with Crippen molar-refractivity contribution in [2.45, 2.75) is 92.0 Å². The van der Waals surface area contributed by atoms with E-state index in [1.165, 1.54) is 0 Å². The molecule has 0 bridgehead atoms. The van der Waals surface area contributed by atoms with Gasteiger partial charge in [-0.1, -0.05) is 34.6 Å². The molecule has 0 aromatic rings. The van der Waals surface area contributed by atoms with Gasteiger partial charge in [0.2, 0.25) is 17.7 Å². The number of carbonyl (C=O) groups is 5. The smallest absolute Gasteiger partial charge is 0.408 e. The number of fused-ring (bicyclic) bond motifs is 1. The highest BCUT2D eigenvalue weighted by molar-refractivity contribution is 5.94. The molecular formula is C26H42N4O6. The molecule has 10 nitrogen and oxygen atoms in total. The van der Waals surface area contributed by atoms with Crippen LogP contribution in [-0.4, -0.2) is 71.8 Å². The van der Waals surface area contributed by atoms with E-state index in [1.807, 2.05) is 20.8 Å². The molecule has 3 fully saturated rings. The number of nitrogens with zero attached hydrogens (tertiary/aromatic N) is 1. The Morgan fingerprint density at radius 2 is 1.81 bits per heavy atom. The lowest BCUT2D eigenvalue weighted by molar-refractivity contribution is -0.144. The van der Waals surface area contributed by atoms with Crippen molar-refractivity contribution in [1.82, 2.24) is 20.9 Å². The van der Waals surface area contributed by atoms with E-state index in [0.717, 1.165) is 0 Å². The van der Waals surface area contributed by atoms with Gasteiger partial charge in [-0.05, 0) is 56.3 Å². The van der Waals surface area contributed by atoms with Crippen molar-refractivity contribution in [3.63, 3.8) is 0 Å². The Bertz CT molecular complexity index is 918. The van der Waals surface area contributed by atoms with Gasteiger partial charge in [-0.2, -0.15) is 0 Å². The molecule has 0 aromatic heterocycles. The lowest BCUT2D eigenvalue weighted by Gasteiger charge is -2.38. The van der Waals surface area contributed by atoms with Crippen molar-refractivity contribution in [2.75, 3.05) is 13.1 Å². The van der Waals surface area contributed by atoms with Crippen LogP contribution in [-0.2, 0) is 23.9 Å². The highest BCUT2D eigenvalue weighted by atomic mass is 16.6. The van der Waals surface area contributed by atoms with E-state index in [9.17, 15) is 24.0 Å². The predicted octanol–water partition coefficient (Wildman–Crippen LogP) is 1.62. The van der Waals surface area contributed by atoms with Crippen LogP contribution < -0.4 is 16.0 Å². The molecule has 2 saturated heterocycles. The number of ether oxygens (including phenoxy) is 1. The maximum Gasteiger partial charge on any atom is 0.408 e. The molecule has 2 aliphatic heterocycles. The van der Waals surface area contributed by atoms with E-state index in [2.05, 4.69) is 29.8 Å². The molecule has 3 N–H and O–H groups in total. The number of aldehydes is 1. The molecule has 3 aliphatic rings. The van der Waals surface area contributed by atoms with Crippen molar-refractivity contribution in [2.24, 2.45) is 28.6 Å². The number of alkyl carbamates (subject to hydrolysis) is 1. The fraction of sp³-hybridized carbons (Fsp3) is 0.808. The van der Waals surface area contributed by atoms with Crippen LogP contribution in [0.1, 0.15) is 68.2 Å². The SMILES string of the molecule is CC(C)(C)OC(=O)N[C@H](C(=O)N1C[C@H]2[C@@H]([C@H]1C(=O)NC(C=O)C[C@@H]1CCNC1=O)C2(C)C)C(C)(C)C. The van der Waals surface area contributed by atoms with Gasteiger partial charge in [0.15, 0.2) is 0 Å². The van der Waals surface area contributed by atoms with E-state index in [-0.39, 0.29) is 41.4 Å². The van der Waals surface area contributed by atoms with E-state index in [1.54, 1.807) is 25.7 Å². The van der Waals surface area contributed by atoms with Crippen molar-refractivity contribution in [3.05, 3.63) is 0 Å². The molecule has 0 aromatic carbocycles. The summed E-state index contributed by atoms with van der Waals surface area (Å²) in [6, 6.07) is -2.49. The minimum Gasteiger partial charge on any atom is -0.444 e. The second kappa shape index (κ2) is 9.67. The molecule has 0 radical (unpaired) electrons. The Balaban J connectivity index is 1.78. The van der Waals surface area contributed by atoms with E-state index >= 15 is 0 Å². The van der Waals surface area contributed by atoms with Crippen LogP contribution in [0, 0.1) is 28.6 Å². The maximum atomic E-state index is 13.8. The van der Waals surface area contributed by atoms with Gasteiger partial charge in [0.05, 0.1) is 6.04 Å². The second-order valence-corrected chi connectivity index (χ2v) is 13.1. The third-order valence-corrected chi connectivity index (χ3v) is 7.73. The molecule has 36 heavy (non-hydrogen) atoms. The van der Waals surface area contributed by atoms with Crippen molar-refractivity contribution in [3.8, 4) is 0 Å². The minimum absolute atomic E-state index is 0.0503. The zero-order valence-electron chi connectivity index (χ0n) is 22.8. The lowest BCUT2D eigenvalue weighted by Crippen LogP contribution is -2.60. The summed E-state index contributed by atoms with van der Waals surface area (Å²) in [6.07, 6.45) is 0.804. The molecule has 6 atom stereocenters. The summed E-state index contributed by atoms with van der Waals surface area (Å²) in [5, 5.41) is 8.26. The van der Waals surface area contributed by atoms with Crippen LogP contribution in [0.4, 0.5) is 4.79 Å². The number of hydrogen-bond acceptors (Lipinski definition) is 6. The van der Waals surface area contributed by atoms with Gasteiger partial charge in [-0.25, -0.2) is 4.79 Å². The summed E-state index contributed by atoms with van der Waals surface area (Å²) in [6.45, 7) is 15.9. The van der Waals surface area contributed by atoms with Crippen LogP contribution >= 0.6 is 0 Å². The summed E-state index contributed by atoms with van der Waals surface area (Å²) < 4.78 is 5.38. The quantitative estimate of drug-likeness (QED) is 0.449. The van der Waals surface area contributed by atoms with E-state index in [0.29, 0.717) is 25.8 Å². The number of likely N-dealkylation sites (tertiary alicyclic amines) is 1. The first kappa shape index (κ1) is 27.9. The first-order chi connectivity index (χ1) is 16.5. The van der Waals surface area contributed by atoms with Crippen LogP contribution in [0.3, 0.4) is 0 Å². The standard InChI is InChI=1S/C26H42N4O6/c1-24(2,3)19(29-23(35)36-25(4,5)6)22(34)30-12-16-17(26(16,7)8)18(30)21(33)28-15(13-31)11-14-9-10-27-20(14)32/h13-19H,9-12H2,1-8H3,(H,27,32)(H,28,33)(H,29,35)/t14-,15?,16-,17-,18-,19+/m0/s1. The van der Waals surface area contributed by atoms with Gasteiger partial charge in [0.25, 0.3) is 0 Å². The van der Waals surface area contributed by atoms with Crippen molar-refractivity contribution >= 4 is 30.1 Å². The van der Waals surface area contributed by atoms with Gasteiger partial charge in [-0.15, -0.1) is 0 Å². The molecule has 202 valence electrons. The fourth-order valence-corrected chi connectivity index (χ4v) is 5.65. The highest BCUT2D eigenvalue weighted by Crippen LogP contribution is 2.65. The number of amides is 4. The Labute approximate surface area is 213 Å². The zero-order valence-corrected chi connectivity index (χ0v) is 22.8. The molecular weight excluding hydrogens is 464 g/mol. The third kappa shape index (κ3) is 5.83. The molecule has 3 rings (SSSR count). The van der Waals surface area contributed by atoms with Gasteiger partial charge in [-0.3, -0.25) is 14.4 Å². The lowest BCUT2D eigenvalue weighted by atomic mass is 9.85. The minimum atomic E-state index is -0.910. The molecule has 1 saturated carbocycles. The summed E-state index contributed by atoms with van der Waals surface area (Å²) in [4.78, 5) is 65.2. The average molecular weight is 507 g/mol. The Kier molecular flexibility index (Phi) is 7.50. The predicted molar refractivity (Wildman–Crippen MR) is 133 cm³/mol. The average Bonchev–Trinajstić information content (AvgIpc) is 3.08. The Morgan fingerprint density at radius 3 is 2.31 bits per heavy atom. The van der Waals surface area contributed by atoms with Gasteiger partial charge in [0, 0.05) is 19.0 Å². The number of piperidine rings is 1. The Hall–Kier alpha value is -2.65. The third-order valence-electron chi connectivity index (χ3n) is 7.73. The molecule has 0 spiro atoms. The maximum absolute atomic E-state index is 13.8. The second-order valence-electron chi connectivity index (χ2n) is 13.1. The summed E-state index contributed by atoms with van der Waals surface area (Å²) in [7, 11) is 0. The monoisotopic (exact) mass is 506 g/mol. The summed E-state index contributed by atoms with van der Waals surface area (Å²) >= 11 is 0. The van der Waals surface area contributed by atoms with Crippen LogP contribution in [0.5, 0.6) is 0 Å². The molecule has 1 aliphatic carbocycles. The van der Waals surface area contributed by atoms with Crippen LogP contribution in [0.15, 0.2) is 0 Å². The number of carbonyl (C=O) groups excluding carboxylic acids is 5. The number of rotatable bonds is 7. The molecule has 4 amide bonds. The first-order valence-corrected chi connectivity index (χ1v) is 12.8. The van der Waals surface area contributed by atoms with Gasteiger partial charge >= 0.3 is 6.09 Å². The fourth-order valence-electron chi connectivity index (χ4n) is 5.65. The first-order valence-electron chi connectivity index (χ1n) is 12.8. The largest absolute Gasteiger partial charge is 0.444 e. The topological polar surface area (TPSA) is 134 Å². The summed E-state index contributed by atoms with van der Waals surface area (Å²) in [5.41, 5.74) is -1.48. The number of nitrogens with one attached hydrogen (secondary N) is 3. The molecule has 10 heteroatoms. The van der Waals surface area contributed by atoms with Gasteiger partial charge < -0.3 is 30.4 Å². The normalized spacial score (nSPS) is 28.4. The van der Waals surface area contributed by atoms with Crippen molar-refractivity contribution in [1.29, 1.82) is 0 Å².